The Morgan fingerprint density at radius 1 is 1.31 bits per heavy atom. The Labute approximate surface area is 95.6 Å². The summed E-state index contributed by atoms with van der Waals surface area (Å²) in [6.45, 7) is 2.31. The molecule has 1 aromatic carbocycles. The summed E-state index contributed by atoms with van der Waals surface area (Å²) in [4.78, 5) is 0. The average Bonchev–Trinajstić information content (AvgIpc) is 2.16. The molecule has 0 aliphatic carbocycles. The van der Waals surface area contributed by atoms with E-state index in [2.05, 4.69) is 5.32 Å². The Morgan fingerprint density at radius 3 is 2.38 bits per heavy atom. The number of sulfone groups is 1. The van der Waals surface area contributed by atoms with Crippen molar-refractivity contribution in [2.24, 2.45) is 0 Å². The lowest BCUT2D eigenvalue weighted by Gasteiger charge is -2.13. The Bertz CT molecular complexity index is 428. The minimum atomic E-state index is -2.93. The van der Waals surface area contributed by atoms with Gasteiger partial charge in [-0.2, -0.15) is 0 Å². The molecule has 1 rings (SSSR count). The summed E-state index contributed by atoms with van der Waals surface area (Å²) in [6, 6.07) is 6.18. The van der Waals surface area contributed by atoms with Gasteiger partial charge in [-0.05, 0) is 24.6 Å². The van der Waals surface area contributed by atoms with Crippen molar-refractivity contribution in [3.63, 3.8) is 0 Å². The van der Waals surface area contributed by atoms with Crippen molar-refractivity contribution in [3.05, 3.63) is 35.6 Å². The first-order chi connectivity index (χ1) is 7.38. The predicted molar refractivity (Wildman–Crippen MR) is 62.5 cm³/mol. The monoisotopic (exact) mass is 245 g/mol. The third-order valence-corrected chi connectivity index (χ3v) is 3.24. The third kappa shape index (κ3) is 4.72. The van der Waals surface area contributed by atoms with Crippen molar-refractivity contribution in [2.75, 3.05) is 18.6 Å². The second-order valence-corrected chi connectivity index (χ2v) is 6.12. The summed E-state index contributed by atoms with van der Waals surface area (Å²) in [5.41, 5.74) is 0.940. The van der Waals surface area contributed by atoms with Crippen LogP contribution in [0.25, 0.3) is 0 Å². The van der Waals surface area contributed by atoms with E-state index in [1.54, 1.807) is 12.1 Å². The molecule has 0 radical (unpaired) electrons. The highest BCUT2D eigenvalue weighted by Gasteiger charge is 2.06. The molecule has 0 aliphatic heterocycles. The van der Waals surface area contributed by atoms with E-state index in [0.717, 1.165) is 5.56 Å². The molecule has 1 aromatic rings. The first-order valence-corrected chi connectivity index (χ1v) is 7.11. The third-order valence-electron chi connectivity index (χ3n) is 2.29. The Hall–Kier alpha value is -0.940. The van der Waals surface area contributed by atoms with Gasteiger partial charge in [-0.1, -0.05) is 12.1 Å². The molecule has 3 nitrogen and oxygen atoms in total. The van der Waals surface area contributed by atoms with Crippen LogP contribution >= 0.6 is 0 Å². The SMILES string of the molecule is C[C@@H](NCCS(C)(=O)=O)c1ccc(F)cc1. The first kappa shape index (κ1) is 13.1. The van der Waals surface area contributed by atoms with E-state index in [0.29, 0.717) is 6.54 Å². The van der Waals surface area contributed by atoms with Gasteiger partial charge in [0.25, 0.3) is 0 Å². The Morgan fingerprint density at radius 2 is 1.88 bits per heavy atom. The molecule has 90 valence electrons. The van der Waals surface area contributed by atoms with Crippen LogP contribution in [0.3, 0.4) is 0 Å². The topological polar surface area (TPSA) is 46.2 Å². The summed E-state index contributed by atoms with van der Waals surface area (Å²) >= 11 is 0. The molecule has 5 heteroatoms. The van der Waals surface area contributed by atoms with E-state index >= 15 is 0 Å². The highest BCUT2D eigenvalue weighted by molar-refractivity contribution is 7.90. The lowest BCUT2D eigenvalue weighted by Crippen LogP contribution is -2.25. The highest BCUT2D eigenvalue weighted by atomic mass is 32.2. The van der Waals surface area contributed by atoms with E-state index in [9.17, 15) is 12.8 Å². The van der Waals surface area contributed by atoms with Crippen LogP contribution in [0, 0.1) is 5.82 Å². The van der Waals surface area contributed by atoms with Crippen LogP contribution < -0.4 is 5.32 Å². The summed E-state index contributed by atoms with van der Waals surface area (Å²) in [7, 11) is -2.93. The minimum absolute atomic E-state index is 0.0161. The molecule has 0 unspecified atom stereocenters. The lowest BCUT2D eigenvalue weighted by molar-refractivity contribution is 0.574. The van der Waals surface area contributed by atoms with Crippen LogP contribution in [-0.4, -0.2) is 27.0 Å². The van der Waals surface area contributed by atoms with Crippen LogP contribution in [0.4, 0.5) is 4.39 Å². The highest BCUT2D eigenvalue weighted by Crippen LogP contribution is 2.12. The molecular weight excluding hydrogens is 229 g/mol. The largest absolute Gasteiger partial charge is 0.309 e. The van der Waals surface area contributed by atoms with Gasteiger partial charge in [-0.15, -0.1) is 0 Å². The fourth-order valence-corrected chi connectivity index (χ4v) is 1.82. The zero-order valence-corrected chi connectivity index (χ0v) is 10.2. The molecule has 0 amide bonds. The van der Waals surface area contributed by atoms with Crippen LogP contribution in [-0.2, 0) is 9.84 Å². The zero-order chi connectivity index (χ0) is 12.2. The van der Waals surface area contributed by atoms with Gasteiger partial charge >= 0.3 is 0 Å². The van der Waals surface area contributed by atoms with Gasteiger partial charge in [0.1, 0.15) is 15.7 Å². The number of halogens is 1. The number of benzene rings is 1. The second kappa shape index (κ2) is 5.41. The van der Waals surface area contributed by atoms with Crippen molar-refractivity contribution in [1.82, 2.24) is 5.32 Å². The van der Waals surface area contributed by atoms with E-state index in [1.807, 2.05) is 6.92 Å². The molecule has 0 spiro atoms. The van der Waals surface area contributed by atoms with Gasteiger partial charge < -0.3 is 5.32 Å². The molecule has 0 bridgehead atoms. The quantitative estimate of drug-likeness (QED) is 0.855. The van der Waals surface area contributed by atoms with Gasteiger partial charge in [-0.3, -0.25) is 0 Å². The number of nitrogens with one attached hydrogen (secondary N) is 1. The molecule has 0 saturated carbocycles. The smallest absolute Gasteiger partial charge is 0.148 e. The molecule has 1 N–H and O–H groups in total. The normalized spacial score (nSPS) is 13.7. The first-order valence-electron chi connectivity index (χ1n) is 5.05. The van der Waals surface area contributed by atoms with Crippen molar-refractivity contribution in [2.45, 2.75) is 13.0 Å². The fourth-order valence-electron chi connectivity index (χ4n) is 1.33. The average molecular weight is 245 g/mol. The van der Waals surface area contributed by atoms with E-state index in [1.165, 1.54) is 18.4 Å². The number of rotatable bonds is 5. The van der Waals surface area contributed by atoms with Crippen molar-refractivity contribution in [1.29, 1.82) is 0 Å². The molecule has 1 atom stereocenters. The van der Waals surface area contributed by atoms with Crippen LogP contribution in [0.2, 0.25) is 0 Å². The van der Waals surface area contributed by atoms with Crippen molar-refractivity contribution in [3.8, 4) is 0 Å². The lowest BCUT2D eigenvalue weighted by atomic mass is 10.1. The van der Waals surface area contributed by atoms with Gasteiger partial charge in [0.2, 0.25) is 0 Å². The molecule has 0 aliphatic rings. The minimum Gasteiger partial charge on any atom is -0.309 e. The summed E-state index contributed by atoms with van der Waals surface area (Å²) in [5.74, 6) is -0.162. The number of hydrogen-bond donors (Lipinski definition) is 1. The van der Waals surface area contributed by atoms with Crippen molar-refractivity contribution < 1.29 is 12.8 Å². The van der Waals surface area contributed by atoms with Gasteiger partial charge in [0.05, 0.1) is 5.75 Å². The molecule has 0 heterocycles. The van der Waals surface area contributed by atoms with Gasteiger partial charge in [-0.25, -0.2) is 12.8 Å². The summed E-state index contributed by atoms with van der Waals surface area (Å²) in [5, 5.41) is 3.07. The van der Waals surface area contributed by atoms with E-state index in [-0.39, 0.29) is 17.6 Å². The van der Waals surface area contributed by atoms with Crippen LogP contribution in [0.1, 0.15) is 18.5 Å². The van der Waals surface area contributed by atoms with Crippen molar-refractivity contribution >= 4 is 9.84 Å². The second-order valence-electron chi connectivity index (χ2n) is 3.86. The Kier molecular flexibility index (Phi) is 4.44. The maximum absolute atomic E-state index is 12.7. The molecule has 0 fully saturated rings. The molecule has 16 heavy (non-hydrogen) atoms. The maximum Gasteiger partial charge on any atom is 0.148 e. The molecular formula is C11H16FNO2S. The van der Waals surface area contributed by atoms with E-state index in [4.69, 9.17) is 0 Å². The molecule has 0 saturated heterocycles. The van der Waals surface area contributed by atoms with Crippen LogP contribution in [0.5, 0.6) is 0 Å². The zero-order valence-electron chi connectivity index (χ0n) is 9.40. The summed E-state index contributed by atoms with van der Waals surface area (Å²) < 4.78 is 34.5. The standard InChI is InChI=1S/C11H16FNO2S/c1-9(13-7-8-16(2,14)15)10-3-5-11(12)6-4-10/h3-6,9,13H,7-8H2,1-2H3/t9-/m1/s1. The number of hydrogen-bond acceptors (Lipinski definition) is 3. The molecule has 0 aromatic heterocycles. The van der Waals surface area contributed by atoms with Gasteiger partial charge in [0.15, 0.2) is 0 Å². The van der Waals surface area contributed by atoms with Crippen LogP contribution in [0.15, 0.2) is 24.3 Å². The maximum atomic E-state index is 12.7. The fraction of sp³-hybridized carbons (Fsp3) is 0.455. The predicted octanol–water partition coefficient (Wildman–Crippen LogP) is 1.52. The Balaban J connectivity index is 2.47. The van der Waals surface area contributed by atoms with E-state index < -0.39 is 9.84 Å². The van der Waals surface area contributed by atoms with Gasteiger partial charge in [0, 0.05) is 18.8 Å². The summed E-state index contributed by atoms with van der Waals surface area (Å²) in [6.07, 6.45) is 1.21.